The summed E-state index contributed by atoms with van der Waals surface area (Å²) in [5, 5.41) is 18.8. The van der Waals surface area contributed by atoms with Crippen LogP contribution in [0.25, 0.3) is 22.0 Å². The van der Waals surface area contributed by atoms with E-state index in [1.165, 1.54) is 0 Å². The topological polar surface area (TPSA) is 125 Å². The zero-order valence-corrected chi connectivity index (χ0v) is 18.9. The molecule has 0 unspecified atom stereocenters. The Bertz CT molecular complexity index is 1240. The lowest BCUT2D eigenvalue weighted by molar-refractivity contribution is 0.0950. The van der Waals surface area contributed by atoms with Crippen molar-refractivity contribution in [1.82, 2.24) is 20.6 Å². The standard InChI is InChI=1S/C25H27N5O4/c1-34-22-12-15(23(31)27-17-7-8-17)5-9-18(22)14-6-10-19-16(11-14)13-26-24(28-19)29-20-3-2-4-21(20)30-25(32)33/h5-6,9-13,17,20-21,30H,2-4,7-8H2,1H3,(H,27,31)(H,32,33)(H,26,28,29)/t20-,21+/m1/s1. The van der Waals surface area contributed by atoms with Crippen LogP contribution in [0.1, 0.15) is 42.5 Å². The molecule has 2 aliphatic carbocycles. The van der Waals surface area contributed by atoms with E-state index in [2.05, 4.69) is 25.9 Å². The van der Waals surface area contributed by atoms with Crippen molar-refractivity contribution in [3.8, 4) is 16.9 Å². The van der Waals surface area contributed by atoms with Crippen molar-refractivity contribution in [3.63, 3.8) is 0 Å². The number of hydrogen-bond donors (Lipinski definition) is 4. The van der Waals surface area contributed by atoms with Gasteiger partial charge in [-0.25, -0.2) is 14.8 Å². The van der Waals surface area contributed by atoms with Crippen molar-refractivity contribution in [2.75, 3.05) is 12.4 Å². The highest BCUT2D eigenvalue weighted by atomic mass is 16.5. The third kappa shape index (κ3) is 4.73. The Morgan fingerprint density at radius 3 is 2.62 bits per heavy atom. The van der Waals surface area contributed by atoms with Crippen LogP contribution >= 0.6 is 0 Å². The number of ether oxygens (including phenoxy) is 1. The minimum absolute atomic E-state index is 0.0345. The van der Waals surface area contributed by atoms with Crippen LogP contribution < -0.4 is 20.7 Å². The molecule has 2 fully saturated rings. The fourth-order valence-electron chi connectivity index (χ4n) is 4.47. The Balaban J connectivity index is 1.36. The van der Waals surface area contributed by atoms with Crippen LogP contribution in [0.5, 0.6) is 5.75 Å². The SMILES string of the molecule is COc1cc(C(=O)NC2CC2)ccc1-c1ccc2nc(N[C@@H]3CCC[C@@H]3NC(=O)O)ncc2c1. The highest BCUT2D eigenvalue weighted by molar-refractivity contribution is 5.96. The molecule has 1 aromatic heterocycles. The molecule has 0 aliphatic heterocycles. The molecule has 2 atom stereocenters. The molecule has 5 rings (SSSR count). The second kappa shape index (κ2) is 9.17. The van der Waals surface area contributed by atoms with Crippen LogP contribution in [0.3, 0.4) is 0 Å². The number of hydrogen-bond acceptors (Lipinski definition) is 6. The van der Waals surface area contributed by atoms with Gasteiger partial charge < -0.3 is 25.8 Å². The molecule has 0 bridgehead atoms. The molecule has 2 aromatic carbocycles. The van der Waals surface area contributed by atoms with Crippen LogP contribution in [0.15, 0.2) is 42.6 Å². The summed E-state index contributed by atoms with van der Waals surface area (Å²) < 4.78 is 5.59. The first-order valence-corrected chi connectivity index (χ1v) is 11.5. The van der Waals surface area contributed by atoms with E-state index in [0.717, 1.165) is 54.1 Å². The van der Waals surface area contributed by atoms with E-state index in [9.17, 15) is 9.59 Å². The number of nitrogens with zero attached hydrogens (tertiary/aromatic N) is 2. The van der Waals surface area contributed by atoms with E-state index in [0.29, 0.717) is 23.3 Å². The van der Waals surface area contributed by atoms with Gasteiger partial charge in [0.1, 0.15) is 5.75 Å². The Hall–Kier alpha value is -3.88. The van der Waals surface area contributed by atoms with Crippen molar-refractivity contribution in [2.24, 2.45) is 0 Å². The first-order chi connectivity index (χ1) is 16.5. The second-order valence-corrected chi connectivity index (χ2v) is 8.87. The zero-order chi connectivity index (χ0) is 23.7. The monoisotopic (exact) mass is 461 g/mol. The van der Waals surface area contributed by atoms with Crippen LogP contribution in [0, 0.1) is 0 Å². The number of carbonyl (C=O) groups excluding carboxylic acids is 1. The van der Waals surface area contributed by atoms with E-state index in [-0.39, 0.29) is 18.0 Å². The van der Waals surface area contributed by atoms with Crippen molar-refractivity contribution < 1.29 is 19.4 Å². The van der Waals surface area contributed by atoms with Crippen molar-refractivity contribution in [2.45, 2.75) is 50.2 Å². The zero-order valence-electron chi connectivity index (χ0n) is 18.9. The van der Waals surface area contributed by atoms with Crippen LogP contribution in [0.2, 0.25) is 0 Å². The van der Waals surface area contributed by atoms with Gasteiger partial charge in [-0.1, -0.05) is 6.07 Å². The summed E-state index contributed by atoms with van der Waals surface area (Å²) in [4.78, 5) is 32.5. The molecule has 2 aliphatic rings. The number of fused-ring (bicyclic) bond motifs is 1. The number of methoxy groups -OCH3 is 1. The largest absolute Gasteiger partial charge is 0.496 e. The fourth-order valence-corrected chi connectivity index (χ4v) is 4.47. The lowest BCUT2D eigenvalue weighted by atomic mass is 10.0. The number of rotatable bonds is 7. The molecule has 176 valence electrons. The summed E-state index contributed by atoms with van der Waals surface area (Å²) in [6.45, 7) is 0. The molecule has 9 nitrogen and oxygen atoms in total. The minimum Gasteiger partial charge on any atom is -0.496 e. The van der Waals surface area contributed by atoms with Gasteiger partial charge >= 0.3 is 6.09 Å². The van der Waals surface area contributed by atoms with E-state index >= 15 is 0 Å². The van der Waals surface area contributed by atoms with Crippen LogP contribution in [-0.2, 0) is 0 Å². The van der Waals surface area contributed by atoms with E-state index in [1.807, 2.05) is 30.3 Å². The normalized spacial score (nSPS) is 19.6. The van der Waals surface area contributed by atoms with E-state index < -0.39 is 6.09 Å². The summed E-state index contributed by atoms with van der Waals surface area (Å²) in [5.74, 6) is 1.02. The molecule has 34 heavy (non-hydrogen) atoms. The number of carboxylic acid groups (broad SMARTS) is 1. The molecule has 0 spiro atoms. The predicted molar refractivity (Wildman–Crippen MR) is 128 cm³/mol. The van der Waals surface area contributed by atoms with Crippen molar-refractivity contribution in [3.05, 3.63) is 48.2 Å². The Labute approximate surface area is 196 Å². The van der Waals surface area contributed by atoms with Gasteiger partial charge in [0.05, 0.1) is 18.7 Å². The molecular weight excluding hydrogens is 434 g/mol. The summed E-state index contributed by atoms with van der Waals surface area (Å²) in [6, 6.07) is 11.5. The van der Waals surface area contributed by atoms with Gasteiger partial charge in [0.25, 0.3) is 5.91 Å². The summed E-state index contributed by atoms with van der Waals surface area (Å²) in [5.41, 5.74) is 3.17. The minimum atomic E-state index is -1.02. The number of carbonyl (C=O) groups is 2. The predicted octanol–water partition coefficient (Wildman–Crippen LogP) is 3.80. The molecule has 1 heterocycles. The van der Waals surface area contributed by atoms with Gasteiger partial charge in [0.2, 0.25) is 5.95 Å². The highest BCUT2D eigenvalue weighted by Crippen LogP contribution is 2.33. The quantitative estimate of drug-likeness (QED) is 0.422. The van der Waals surface area contributed by atoms with Gasteiger partial charge in [0.15, 0.2) is 0 Å². The third-order valence-corrected chi connectivity index (χ3v) is 6.41. The van der Waals surface area contributed by atoms with Crippen LogP contribution in [0.4, 0.5) is 10.7 Å². The highest BCUT2D eigenvalue weighted by Gasteiger charge is 2.29. The molecule has 2 saturated carbocycles. The van der Waals surface area contributed by atoms with Gasteiger partial charge in [-0.3, -0.25) is 4.79 Å². The van der Waals surface area contributed by atoms with Gasteiger partial charge in [0, 0.05) is 34.8 Å². The number of amides is 2. The Morgan fingerprint density at radius 2 is 1.85 bits per heavy atom. The fraction of sp³-hybridized carbons (Fsp3) is 0.360. The first kappa shape index (κ1) is 21.9. The van der Waals surface area contributed by atoms with Crippen molar-refractivity contribution >= 4 is 28.9 Å². The van der Waals surface area contributed by atoms with Gasteiger partial charge in [-0.2, -0.15) is 0 Å². The maximum atomic E-state index is 12.4. The summed E-state index contributed by atoms with van der Waals surface area (Å²) >= 11 is 0. The maximum absolute atomic E-state index is 12.4. The number of nitrogens with one attached hydrogen (secondary N) is 3. The Morgan fingerprint density at radius 1 is 1.03 bits per heavy atom. The van der Waals surface area contributed by atoms with Crippen LogP contribution in [-0.4, -0.2) is 52.3 Å². The molecule has 0 saturated heterocycles. The molecule has 4 N–H and O–H groups in total. The number of anilines is 1. The number of aromatic nitrogens is 2. The average Bonchev–Trinajstić information content (AvgIpc) is 3.56. The third-order valence-electron chi connectivity index (χ3n) is 6.41. The molecule has 0 radical (unpaired) electrons. The van der Waals surface area contributed by atoms with Gasteiger partial charge in [-0.15, -0.1) is 0 Å². The Kier molecular flexibility index (Phi) is 5.91. The van der Waals surface area contributed by atoms with Gasteiger partial charge in [-0.05, 0) is 68.0 Å². The summed E-state index contributed by atoms with van der Waals surface area (Å²) in [7, 11) is 1.60. The smallest absolute Gasteiger partial charge is 0.404 e. The lowest BCUT2D eigenvalue weighted by Crippen LogP contribution is -2.42. The van der Waals surface area contributed by atoms with E-state index in [1.54, 1.807) is 19.4 Å². The average molecular weight is 462 g/mol. The maximum Gasteiger partial charge on any atom is 0.404 e. The first-order valence-electron chi connectivity index (χ1n) is 11.5. The molecular formula is C25H27N5O4. The second-order valence-electron chi connectivity index (χ2n) is 8.87. The lowest BCUT2D eigenvalue weighted by Gasteiger charge is -2.20. The molecule has 2 amide bonds. The number of benzene rings is 2. The summed E-state index contributed by atoms with van der Waals surface area (Å²) in [6.07, 6.45) is 5.42. The van der Waals surface area contributed by atoms with Crippen molar-refractivity contribution in [1.29, 1.82) is 0 Å². The molecule has 3 aromatic rings. The molecule has 9 heteroatoms. The van der Waals surface area contributed by atoms with E-state index in [4.69, 9.17) is 9.84 Å².